The van der Waals surface area contributed by atoms with Gasteiger partial charge in [-0.2, -0.15) is 9.59 Å². The van der Waals surface area contributed by atoms with E-state index in [-0.39, 0.29) is 12.2 Å². The third-order valence-corrected chi connectivity index (χ3v) is 5.83. The molecule has 0 aromatic heterocycles. The minimum atomic E-state index is -1.17. The van der Waals surface area contributed by atoms with Crippen LogP contribution in [0.1, 0.15) is 44.1 Å². The van der Waals surface area contributed by atoms with E-state index in [4.69, 9.17) is 25.4 Å². The van der Waals surface area contributed by atoms with E-state index in [1.165, 1.54) is 35.6 Å². The molecule has 0 bridgehead atoms. The van der Waals surface area contributed by atoms with E-state index < -0.39 is 7.12 Å². The Balaban J connectivity index is 0.000000878. The molecule has 1 saturated carbocycles. The lowest BCUT2D eigenvalue weighted by Gasteiger charge is -2.39. The van der Waals surface area contributed by atoms with Crippen LogP contribution < -0.4 is 5.73 Å². The first-order valence-electron chi connectivity index (χ1n) is 10.1. The topological polar surface area (TPSA) is 101 Å². The summed E-state index contributed by atoms with van der Waals surface area (Å²) >= 11 is 0. The summed E-state index contributed by atoms with van der Waals surface area (Å²) in [4.78, 5) is 16.2. The third-order valence-electron chi connectivity index (χ3n) is 5.83. The second-order valence-electron chi connectivity index (χ2n) is 7.79. The van der Waals surface area contributed by atoms with Crippen molar-refractivity contribution < 1.29 is 19.6 Å². The molecule has 2 aromatic rings. The lowest BCUT2D eigenvalue weighted by molar-refractivity contribution is -0.191. The summed E-state index contributed by atoms with van der Waals surface area (Å²) in [5.74, 6) is 1.48. The van der Waals surface area contributed by atoms with Gasteiger partial charge in [0.2, 0.25) is 0 Å². The van der Waals surface area contributed by atoms with Gasteiger partial charge in [-0.15, -0.1) is 0 Å². The van der Waals surface area contributed by atoms with Crippen molar-refractivity contribution in [2.75, 3.05) is 0 Å². The highest BCUT2D eigenvalue weighted by Gasteiger charge is 2.32. The number of carbonyl (C=O) groups excluding carboxylic acids is 2. The van der Waals surface area contributed by atoms with Crippen LogP contribution in [0.5, 0.6) is 0 Å². The largest absolute Gasteiger partial charge is 0.451 e. The lowest BCUT2D eigenvalue weighted by Crippen LogP contribution is -2.39. The Kier molecular flexibility index (Phi) is 9.38. The first-order chi connectivity index (χ1) is 13.5. The van der Waals surface area contributed by atoms with Crippen molar-refractivity contribution in [3.63, 3.8) is 0 Å². The van der Waals surface area contributed by atoms with Crippen LogP contribution in [-0.2, 0) is 16.0 Å². The molecule has 1 unspecified atom stereocenters. The first kappa shape index (κ1) is 22.3. The summed E-state index contributed by atoms with van der Waals surface area (Å²) in [6.45, 7) is 0. The van der Waals surface area contributed by atoms with Crippen LogP contribution in [0.4, 0.5) is 0 Å². The molecule has 28 heavy (non-hydrogen) atoms. The molecule has 3 rings (SSSR count). The van der Waals surface area contributed by atoms with Crippen molar-refractivity contribution in [2.45, 2.75) is 57.3 Å². The molecule has 0 spiro atoms. The summed E-state index contributed by atoms with van der Waals surface area (Å²) in [5, 5.41) is 20.5. The van der Waals surface area contributed by atoms with Gasteiger partial charge in [0.05, 0.1) is 0 Å². The van der Waals surface area contributed by atoms with Gasteiger partial charge in [0.1, 0.15) is 0 Å². The minimum absolute atomic E-state index is 0.250. The van der Waals surface area contributed by atoms with Gasteiger partial charge >= 0.3 is 13.3 Å². The normalized spacial score (nSPS) is 19.1. The average Bonchev–Trinajstić information content (AvgIpc) is 2.64. The van der Waals surface area contributed by atoms with E-state index in [0.29, 0.717) is 12.2 Å². The first-order valence-corrected chi connectivity index (χ1v) is 10.1. The van der Waals surface area contributed by atoms with Gasteiger partial charge in [0.15, 0.2) is 0 Å². The molecule has 1 fully saturated rings. The van der Waals surface area contributed by atoms with Crippen LogP contribution in [0.15, 0.2) is 42.5 Å². The average molecular weight is 383 g/mol. The zero-order chi connectivity index (χ0) is 20.4. The van der Waals surface area contributed by atoms with E-state index in [0.717, 1.165) is 31.6 Å². The van der Waals surface area contributed by atoms with Gasteiger partial charge in [-0.3, -0.25) is 0 Å². The number of nitrogens with two attached hydrogens (primary N) is 1. The number of fused-ring (bicyclic) bond motifs is 1. The molecule has 1 aliphatic rings. The van der Waals surface area contributed by atoms with E-state index in [2.05, 4.69) is 42.5 Å². The molecule has 0 aliphatic heterocycles. The van der Waals surface area contributed by atoms with Crippen LogP contribution in [0.2, 0.25) is 6.32 Å². The highest BCUT2D eigenvalue weighted by Crippen LogP contribution is 2.39. The van der Waals surface area contributed by atoms with E-state index in [1.807, 2.05) is 0 Å². The quantitative estimate of drug-likeness (QED) is 0.456. The molecule has 4 N–H and O–H groups in total. The van der Waals surface area contributed by atoms with Gasteiger partial charge < -0.3 is 15.8 Å². The predicted octanol–water partition coefficient (Wildman–Crippen LogP) is 3.19. The fraction of sp³-hybridized carbons (Fsp3) is 0.500. The van der Waals surface area contributed by atoms with Gasteiger partial charge in [-0.25, -0.2) is 0 Å². The Hall–Kier alpha value is -1.98. The Morgan fingerprint density at radius 1 is 1.07 bits per heavy atom. The van der Waals surface area contributed by atoms with Crippen molar-refractivity contribution in [3.05, 3.63) is 48.0 Å². The maximum absolute atomic E-state index is 8.86. The highest BCUT2D eigenvalue weighted by molar-refractivity contribution is 6.40. The Morgan fingerprint density at radius 2 is 1.75 bits per heavy atom. The lowest BCUT2D eigenvalue weighted by atomic mass is 9.68. The zero-order valence-electron chi connectivity index (χ0n) is 16.3. The number of hydrogen-bond donors (Lipinski definition) is 3. The number of aryl methyl sites for hydroxylation is 1. The van der Waals surface area contributed by atoms with Crippen molar-refractivity contribution in [2.24, 2.45) is 17.6 Å². The molecule has 6 heteroatoms. The monoisotopic (exact) mass is 383 g/mol. The molecule has 1 atom stereocenters. The molecule has 0 amide bonds. The third kappa shape index (κ3) is 6.88. The van der Waals surface area contributed by atoms with E-state index in [9.17, 15) is 0 Å². The Bertz CT molecular complexity index is 750. The molecular weight excluding hydrogens is 353 g/mol. The summed E-state index contributed by atoms with van der Waals surface area (Å²) < 4.78 is 0. The molecule has 5 nitrogen and oxygen atoms in total. The maximum Gasteiger partial charge on any atom is 0.451 e. The Morgan fingerprint density at radius 3 is 2.46 bits per heavy atom. The molecule has 150 valence electrons. The molecule has 0 heterocycles. The molecule has 0 saturated heterocycles. The van der Waals surface area contributed by atoms with E-state index >= 15 is 0 Å². The summed E-state index contributed by atoms with van der Waals surface area (Å²) in [6.07, 6.45) is 8.50. The second-order valence-corrected chi connectivity index (χ2v) is 7.79. The van der Waals surface area contributed by atoms with Crippen molar-refractivity contribution in [1.29, 1.82) is 0 Å². The number of rotatable bonds is 9. The fourth-order valence-corrected chi connectivity index (χ4v) is 4.19. The van der Waals surface area contributed by atoms with Crippen LogP contribution in [0.25, 0.3) is 10.8 Å². The minimum Gasteiger partial charge on any atom is -0.427 e. The van der Waals surface area contributed by atoms with Gasteiger partial charge in [0, 0.05) is 6.04 Å². The Labute approximate surface area is 167 Å². The fourth-order valence-electron chi connectivity index (χ4n) is 4.19. The van der Waals surface area contributed by atoms with Crippen LogP contribution in [0, 0.1) is 11.8 Å². The standard InChI is InChI=1S/C21H30BNO2.CO2/c23-21(10-3-4-13-22(24)25)19-14-16(15-19)11-12-18-8-5-7-17-6-1-2-9-20(17)18;2-1-3/h1-2,5-9,16,19,21,24-25H,3-4,10-15,23H2;. The smallest absolute Gasteiger partial charge is 0.427 e. The maximum atomic E-state index is 8.86. The number of benzene rings is 2. The number of unbranched alkanes of at least 4 members (excludes halogenated alkanes) is 1. The van der Waals surface area contributed by atoms with Crippen LogP contribution >= 0.6 is 0 Å². The van der Waals surface area contributed by atoms with Crippen LogP contribution in [-0.4, -0.2) is 29.4 Å². The highest BCUT2D eigenvalue weighted by atomic mass is 16.4. The molecular formula is C22H30BNO4. The predicted molar refractivity (Wildman–Crippen MR) is 110 cm³/mol. The van der Waals surface area contributed by atoms with E-state index in [1.54, 1.807) is 0 Å². The van der Waals surface area contributed by atoms with Crippen molar-refractivity contribution in [3.8, 4) is 0 Å². The second kappa shape index (κ2) is 11.8. The van der Waals surface area contributed by atoms with Crippen molar-refractivity contribution in [1.82, 2.24) is 0 Å². The summed E-state index contributed by atoms with van der Waals surface area (Å²) in [5.41, 5.74) is 7.78. The molecule has 1 aliphatic carbocycles. The van der Waals surface area contributed by atoms with Crippen molar-refractivity contribution >= 4 is 24.0 Å². The van der Waals surface area contributed by atoms with Gasteiger partial charge in [-0.05, 0) is 66.6 Å². The van der Waals surface area contributed by atoms with Gasteiger partial charge in [-0.1, -0.05) is 55.3 Å². The molecule has 2 aromatic carbocycles. The van der Waals surface area contributed by atoms with Gasteiger partial charge in [0.25, 0.3) is 0 Å². The SMILES string of the molecule is NC(CCCCB(O)O)C1CC(CCc2cccc3ccccc23)C1.O=C=O. The zero-order valence-corrected chi connectivity index (χ0v) is 16.3. The number of hydrogen-bond acceptors (Lipinski definition) is 5. The summed E-state index contributed by atoms with van der Waals surface area (Å²) in [6, 6.07) is 15.5. The molecule has 0 radical (unpaired) electrons. The van der Waals surface area contributed by atoms with Crippen LogP contribution in [0.3, 0.4) is 0 Å². The summed E-state index contributed by atoms with van der Waals surface area (Å²) in [7, 11) is -1.17.